The number of thiophene rings is 1. The van der Waals surface area contributed by atoms with Crippen molar-refractivity contribution in [2.75, 3.05) is 49.8 Å². The van der Waals surface area contributed by atoms with Crippen LogP contribution in [0.1, 0.15) is 15.2 Å². The van der Waals surface area contributed by atoms with E-state index in [2.05, 4.69) is 32.2 Å². The third kappa shape index (κ3) is 5.55. The number of ether oxygens (including phenoxy) is 1. The summed E-state index contributed by atoms with van der Waals surface area (Å²) in [6, 6.07) is 9.63. The summed E-state index contributed by atoms with van der Waals surface area (Å²) >= 11 is 7.52. The second kappa shape index (κ2) is 10.7. The number of carbonyl (C=O) groups is 1. The van der Waals surface area contributed by atoms with Crippen molar-refractivity contribution in [3.63, 3.8) is 0 Å². The molecule has 0 unspecified atom stereocenters. The number of fused-ring (bicyclic) bond motifs is 1. The first-order valence-electron chi connectivity index (χ1n) is 10.3. The van der Waals surface area contributed by atoms with E-state index in [0.29, 0.717) is 36.8 Å². The quantitative estimate of drug-likeness (QED) is 0.212. The van der Waals surface area contributed by atoms with E-state index in [4.69, 9.17) is 21.2 Å². The normalized spacial score (nSPS) is 13.8. The molecule has 1 aliphatic rings. The van der Waals surface area contributed by atoms with Crippen LogP contribution < -0.4 is 15.7 Å². The van der Waals surface area contributed by atoms with Gasteiger partial charge in [0, 0.05) is 19.6 Å². The minimum Gasteiger partial charge on any atom is -0.378 e. The summed E-state index contributed by atoms with van der Waals surface area (Å²) in [6.45, 7) is 7.30. The summed E-state index contributed by atoms with van der Waals surface area (Å²) in [5.74, 6) is 0.631. The Hall–Kier alpha value is -2.72. The molecule has 0 spiro atoms. The van der Waals surface area contributed by atoms with Crippen LogP contribution in [0.25, 0.3) is 10.2 Å². The van der Waals surface area contributed by atoms with Crippen molar-refractivity contribution in [3.8, 4) is 0 Å². The highest BCUT2D eigenvalue weighted by atomic mass is 35.5. The van der Waals surface area contributed by atoms with E-state index in [-0.39, 0.29) is 11.2 Å². The number of nitrogens with zero attached hydrogens (tertiary/aromatic N) is 3. The number of anilines is 2. The molecule has 3 heterocycles. The molecule has 0 saturated carbocycles. The van der Waals surface area contributed by atoms with Crippen molar-refractivity contribution in [3.05, 3.63) is 58.7 Å². The zero-order chi connectivity index (χ0) is 22.3. The fraction of sp³-hybridized carbons (Fsp3) is 0.318. The Kier molecular flexibility index (Phi) is 7.54. The summed E-state index contributed by atoms with van der Waals surface area (Å²) in [5.41, 5.74) is 5.50. The Morgan fingerprint density at radius 2 is 2.06 bits per heavy atom. The molecule has 2 aromatic heterocycles. The molecule has 4 rings (SSSR count). The molecule has 1 amide bonds. The van der Waals surface area contributed by atoms with Crippen molar-refractivity contribution in [2.45, 2.75) is 6.42 Å². The summed E-state index contributed by atoms with van der Waals surface area (Å²) < 4.78 is 6.29. The van der Waals surface area contributed by atoms with E-state index < -0.39 is 0 Å². The lowest BCUT2D eigenvalue weighted by Gasteiger charge is -2.28. The lowest BCUT2D eigenvalue weighted by Crippen LogP contribution is -2.36. The van der Waals surface area contributed by atoms with Gasteiger partial charge in [-0.25, -0.2) is 4.98 Å². The number of rotatable bonds is 9. The lowest BCUT2D eigenvalue weighted by atomic mass is 10.1. The maximum absolute atomic E-state index is 12.7. The maximum Gasteiger partial charge on any atom is 0.261 e. The number of aromatic nitrogens is 2. The summed E-state index contributed by atoms with van der Waals surface area (Å²) in [4.78, 5) is 29.4. The van der Waals surface area contributed by atoms with Crippen molar-refractivity contribution in [2.24, 2.45) is 0 Å². The van der Waals surface area contributed by atoms with Crippen LogP contribution in [-0.4, -0.2) is 55.3 Å². The van der Waals surface area contributed by atoms with Gasteiger partial charge in [0.25, 0.3) is 5.91 Å². The Bertz CT molecular complexity index is 1080. The first-order chi connectivity index (χ1) is 15.6. The van der Waals surface area contributed by atoms with Crippen LogP contribution in [-0.2, 0) is 16.0 Å². The molecule has 8 nitrogen and oxygen atoms in total. The predicted octanol–water partition coefficient (Wildman–Crippen LogP) is 3.68. The molecule has 1 fully saturated rings. The number of morpholine rings is 1. The van der Waals surface area contributed by atoms with Crippen LogP contribution in [0.4, 0.5) is 11.5 Å². The average molecular weight is 474 g/mol. The highest BCUT2D eigenvalue weighted by molar-refractivity contribution is 7.21. The van der Waals surface area contributed by atoms with E-state index >= 15 is 0 Å². The SMILES string of the molecule is C=CCONc1ccc(CCNC(=O)c2cc3nc(Cl)nc(N4CCOCC4)c3s2)cc1. The Morgan fingerprint density at radius 1 is 1.28 bits per heavy atom. The number of benzene rings is 1. The number of hydrogen-bond donors (Lipinski definition) is 2. The monoisotopic (exact) mass is 473 g/mol. The molecular weight excluding hydrogens is 450 g/mol. The second-order valence-corrected chi connectivity index (χ2v) is 8.54. The standard InChI is InChI=1S/C22H24ClN5O3S/c1-2-11-31-27-16-5-3-15(4-6-16)7-8-24-21(29)18-14-17-19(32-18)20(26-22(23)25-17)28-9-12-30-13-10-28/h2-6,14,27H,1,7-13H2,(H,24,29). The van der Waals surface area contributed by atoms with Crippen molar-refractivity contribution in [1.29, 1.82) is 0 Å². The van der Waals surface area contributed by atoms with E-state index in [1.807, 2.05) is 24.3 Å². The number of carbonyl (C=O) groups excluding carboxylic acids is 1. The molecule has 0 aliphatic carbocycles. The van der Waals surface area contributed by atoms with Crippen LogP contribution in [0.5, 0.6) is 0 Å². The molecule has 1 saturated heterocycles. The topological polar surface area (TPSA) is 88.6 Å². The fourth-order valence-electron chi connectivity index (χ4n) is 3.32. The predicted molar refractivity (Wildman–Crippen MR) is 128 cm³/mol. The molecule has 0 radical (unpaired) electrons. The number of amides is 1. The van der Waals surface area contributed by atoms with Crippen LogP contribution in [0.3, 0.4) is 0 Å². The van der Waals surface area contributed by atoms with Gasteiger partial charge in [0.05, 0.1) is 40.6 Å². The molecule has 0 bridgehead atoms. The zero-order valence-corrected chi connectivity index (χ0v) is 19.0. The van der Waals surface area contributed by atoms with E-state index in [1.54, 1.807) is 12.1 Å². The Labute approximate surface area is 195 Å². The summed E-state index contributed by atoms with van der Waals surface area (Å²) in [6.07, 6.45) is 2.39. The van der Waals surface area contributed by atoms with E-state index in [1.165, 1.54) is 11.3 Å². The summed E-state index contributed by atoms with van der Waals surface area (Å²) in [7, 11) is 0. The minimum atomic E-state index is -0.131. The third-order valence-electron chi connectivity index (χ3n) is 4.91. The number of halogens is 1. The van der Waals surface area contributed by atoms with Gasteiger partial charge in [0.15, 0.2) is 5.82 Å². The molecule has 2 N–H and O–H groups in total. The van der Waals surface area contributed by atoms with Gasteiger partial charge in [0.1, 0.15) is 0 Å². The molecule has 32 heavy (non-hydrogen) atoms. The van der Waals surface area contributed by atoms with Crippen molar-refractivity contribution in [1.82, 2.24) is 15.3 Å². The molecular formula is C22H24ClN5O3S. The lowest BCUT2D eigenvalue weighted by molar-refractivity contribution is 0.0958. The van der Waals surface area contributed by atoms with Crippen LogP contribution in [0, 0.1) is 0 Å². The minimum absolute atomic E-state index is 0.131. The van der Waals surface area contributed by atoms with E-state index in [9.17, 15) is 4.79 Å². The van der Waals surface area contributed by atoms with E-state index in [0.717, 1.165) is 41.3 Å². The van der Waals surface area contributed by atoms with Gasteiger partial charge in [-0.3, -0.25) is 15.1 Å². The van der Waals surface area contributed by atoms with Crippen molar-refractivity contribution >= 4 is 50.6 Å². The van der Waals surface area contributed by atoms with Gasteiger partial charge < -0.3 is 15.0 Å². The molecule has 3 aromatic rings. The highest BCUT2D eigenvalue weighted by Crippen LogP contribution is 2.33. The van der Waals surface area contributed by atoms with Crippen LogP contribution in [0.15, 0.2) is 43.0 Å². The van der Waals surface area contributed by atoms with Gasteiger partial charge in [-0.2, -0.15) is 4.98 Å². The van der Waals surface area contributed by atoms with Crippen molar-refractivity contribution < 1.29 is 14.4 Å². The summed E-state index contributed by atoms with van der Waals surface area (Å²) in [5, 5.41) is 3.16. The van der Waals surface area contributed by atoms with Gasteiger partial charge >= 0.3 is 0 Å². The smallest absolute Gasteiger partial charge is 0.261 e. The first kappa shape index (κ1) is 22.5. The third-order valence-corrected chi connectivity index (χ3v) is 6.19. The zero-order valence-electron chi connectivity index (χ0n) is 17.5. The average Bonchev–Trinajstić information content (AvgIpc) is 3.24. The second-order valence-electron chi connectivity index (χ2n) is 7.15. The Balaban J connectivity index is 1.37. The van der Waals surface area contributed by atoms with Gasteiger partial charge in [-0.05, 0) is 41.8 Å². The number of hydrogen-bond acceptors (Lipinski definition) is 8. The fourth-order valence-corrected chi connectivity index (χ4v) is 4.52. The van der Waals surface area contributed by atoms with Gasteiger partial charge in [0.2, 0.25) is 5.28 Å². The van der Waals surface area contributed by atoms with Crippen LogP contribution in [0.2, 0.25) is 5.28 Å². The molecule has 10 heteroatoms. The first-order valence-corrected chi connectivity index (χ1v) is 11.5. The van der Waals surface area contributed by atoms with Crippen LogP contribution >= 0.6 is 22.9 Å². The molecule has 168 valence electrons. The molecule has 1 aromatic carbocycles. The van der Waals surface area contributed by atoms with Gasteiger partial charge in [-0.1, -0.05) is 18.2 Å². The highest BCUT2D eigenvalue weighted by Gasteiger charge is 2.20. The van der Waals surface area contributed by atoms with Gasteiger partial charge in [-0.15, -0.1) is 17.9 Å². The maximum atomic E-state index is 12.7. The Morgan fingerprint density at radius 3 is 2.81 bits per heavy atom. The number of nitrogens with one attached hydrogen (secondary N) is 2. The largest absolute Gasteiger partial charge is 0.378 e. The molecule has 1 aliphatic heterocycles. The molecule has 0 atom stereocenters.